The number of rotatable bonds is 13. The van der Waals surface area contributed by atoms with Crippen molar-refractivity contribution in [3.8, 4) is 5.88 Å². The number of carbonyl (C=O) groups is 1. The van der Waals surface area contributed by atoms with Crippen LogP contribution in [-0.2, 0) is 0 Å². The highest BCUT2D eigenvalue weighted by atomic mass is 16.3. The molecule has 0 aliphatic heterocycles. The van der Waals surface area contributed by atoms with E-state index in [1.165, 1.54) is 57.8 Å². The monoisotopic (exact) mass is 325 g/mol. The summed E-state index contributed by atoms with van der Waals surface area (Å²) in [6.07, 6.45) is 13.8. The van der Waals surface area contributed by atoms with Crippen LogP contribution in [0.1, 0.15) is 88.0 Å². The summed E-state index contributed by atoms with van der Waals surface area (Å²) >= 11 is 0. The molecule has 0 atom stereocenters. The van der Waals surface area contributed by atoms with Crippen LogP contribution in [0.15, 0.2) is 4.79 Å². The van der Waals surface area contributed by atoms with Gasteiger partial charge >= 0.3 is 5.69 Å². The van der Waals surface area contributed by atoms with E-state index in [4.69, 9.17) is 0 Å². The number of aromatic nitrogens is 2. The van der Waals surface area contributed by atoms with Crippen molar-refractivity contribution < 1.29 is 9.90 Å². The Labute approximate surface area is 138 Å². The van der Waals surface area contributed by atoms with Crippen molar-refractivity contribution >= 4 is 5.91 Å². The third-order valence-electron chi connectivity index (χ3n) is 4.00. The van der Waals surface area contributed by atoms with E-state index in [1.807, 2.05) is 0 Å². The van der Waals surface area contributed by atoms with E-state index < -0.39 is 17.5 Å². The Morgan fingerprint density at radius 3 is 1.91 bits per heavy atom. The fourth-order valence-corrected chi connectivity index (χ4v) is 2.62. The van der Waals surface area contributed by atoms with Gasteiger partial charge in [-0.2, -0.15) is 0 Å². The molecule has 0 spiro atoms. The van der Waals surface area contributed by atoms with Gasteiger partial charge in [0.05, 0.1) is 0 Å². The number of aromatic hydroxyl groups is 1. The summed E-state index contributed by atoms with van der Waals surface area (Å²) in [6.45, 7) is 2.80. The maximum atomic E-state index is 11.7. The van der Waals surface area contributed by atoms with Crippen molar-refractivity contribution in [1.82, 2.24) is 15.3 Å². The van der Waals surface area contributed by atoms with E-state index in [2.05, 4.69) is 22.2 Å². The lowest BCUT2D eigenvalue weighted by Gasteiger charge is -2.04. The predicted octanol–water partition coefficient (Wildman–Crippen LogP) is 3.45. The third-order valence-corrected chi connectivity index (χ3v) is 4.00. The van der Waals surface area contributed by atoms with Gasteiger partial charge in [0.25, 0.3) is 5.91 Å². The maximum absolute atomic E-state index is 11.7. The van der Waals surface area contributed by atoms with E-state index in [9.17, 15) is 14.7 Å². The van der Waals surface area contributed by atoms with Gasteiger partial charge in [-0.1, -0.05) is 71.1 Å². The molecule has 1 amide bonds. The third kappa shape index (κ3) is 8.47. The molecule has 0 saturated carbocycles. The van der Waals surface area contributed by atoms with Crippen LogP contribution < -0.4 is 11.0 Å². The van der Waals surface area contributed by atoms with Crippen molar-refractivity contribution in [2.75, 3.05) is 6.54 Å². The molecular formula is C17H31N3O3. The number of amides is 1. The standard InChI is InChI=1S/C17H31N3O3/c1-2-3-4-5-6-7-8-9-10-11-12-13-18-15(21)14-16(22)20-17(23)19-14/h22H,2-13H2,1H3,(H,18,21)(H2,19,20,23). The molecule has 0 fully saturated rings. The van der Waals surface area contributed by atoms with Gasteiger partial charge in [0.1, 0.15) is 0 Å². The molecule has 1 rings (SSSR count). The molecule has 0 saturated heterocycles. The minimum absolute atomic E-state index is 0.0990. The SMILES string of the molecule is CCCCCCCCCCCCCNC(=O)c1[nH]c(=O)[nH]c1O. The first-order valence-electron chi connectivity index (χ1n) is 8.94. The van der Waals surface area contributed by atoms with Gasteiger partial charge < -0.3 is 10.4 Å². The molecule has 1 aromatic heterocycles. The normalized spacial score (nSPS) is 10.8. The number of nitrogens with one attached hydrogen (secondary N) is 3. The first kappa shape index (κ1) is 19.3. The summed E-state index contributed by atoms with van der Waals surface area (Å²) in [4.78, 5) is 27.0. The van der Waals surface area contributed by atoms with Gasteiger partial charge in [-0.25, -0.2) is 4.79 Å². The molecule has 0 radical (unpaired) electrons. The highest BCUT2D eigenvalue weighted by molar-refractivity contribution is 5.94. The first-order valence-corrected chi connectivity index (χ1v) is 8.94. The Balaban J connectivity index is 1.93. The average Bonchev–Trinajstić information content (AvgIpc) is 2.87. The molecule has 1 heterocycles. The predicted molar refractivity (Wildman–Crippen MR) is 91.9 cm³/mol. The summed E-state index contributed by atoms with van der Waals surface area (Å²) in [5.74, 6) is -0.862. The lowest BCUT2D eigenvalue weighted by molar-refractivity contribution is 0.0945. The number of unbranched alkanes of at least 4 members (excludes halogenated alkanes) is 10. The van der Waals surface area contributed by atoms with Gasteiger partial charge in [0.2, 0.25) is 5.88 Å². The topological polar surface area (TPSA) is 98.0 Å². The molecule has 0 aliphatic rings. The summed E-state index contributed by atoms with van der Waals surface area (Å²) in [7, 11) is 0. The molecule has 6 nitrogen and oxygen atoms in total. The first-order chi connectivity index (χ1) is 11.1. The molecule has 0 unspecified atom stereocenters. The molecule has 23 heavy (non-hydrogen) atoms. The number of aromatic amines is 2. The largest absolute Gasteiger partial charge is 0.493 e. The van der Waals surface area contributed by atoms with E-state index in [-0.39, 0.29) is 5.69 Å². The zero-order chi connectivity index (χ0) is 16.9. The fraction of sp³-hybridized carbons (Fsp3) is 0.765. The Hall–Kier alpha value is -1.72. The van der Waals surface area contributed by atoms with E-state index in [0.717, 1.165) is 12.8 Å². The summed E-state index contributed by atoms with van der Waals surface area (Å²) in [6, 6.07) is 0. The van der Waals surface area contributed by atoms with Crippen molar-refractivity contribution in [2.24, 2.45) is 0 Å². The van der Waals surface area contributed by atoms with Gasteiger partial charge in [0, 0.05) is 6.54 Å². The summed E-state index contributed by atoms with van der Waals surface area (Å²) in [5, 5.41) is 12.0. The Bertz CT molecular complexity index is 494. The quantitative estimate of drug-likeness (QED) is 0.418. The minimum Gasteiger partial charge on any atom is -0.493 e. The highest BCUT2D eigenvalue weighted by Crippen LogP contribution is 2.11. The molecular weight excluding hydrogens is 294 g/mol. The second-order valence-corrected chi connectivity index (χ2v) is 6.09. The average molecular weight is 325 g/mol. The fourth-order valence-electron chi connectivity index (χ4n) is 2.62. The smallest absolute Gasteiger partial charge is 0.326 e. The van der Waals surface area contributed by atoms with Crippen LogP contribution in [0.5, 0.6) is 5.88 Å². The maximum Gasteiger partial charge on any atom is 0.326 e. The number of hydrogen-bond donors (Lipinski definition) is 4. The van der Waals surface area contributed by atoms with Crippen LogP contribution in [-0.4, -0.2) is 27.5 Å². The van der Waals surface area contributed by atoms with Crippen molar-refractivity contribution in [1.29, 1.82) is 0 Å². The molecule has 0 aromatic carbocycles. The molecule has 132 valence electrons. The number of imidazole rings is 1. The second-order valence-electron chi connectivity index (χ2n) is 6.09. The zero-order valence-electron chi connectivity index (χ0n) is 14.2. The van der Waals surface area contributed by atoms with Crippen LogP contribution in [0, 0.1) is 0 Å². The van der Waals surface area contributed by atoms with E-state index in [0.29, 0.717) is 6.54 Å². The Kier molecular flexibility index (Phi) is 9.91. The summed E-state index contributed by atoms with van der Waals surface area (Å²) in [5.41, 5.74) is -0.680. The minimum atomic E-state index is -0.581. The van der Waals surface area contributed by atoms with E-state index >= 15 is 0 Å². The van der Waals surface area contributed by atoms with Crippen LogP contribution in [0.3, 0.4) is 0 Å². The van der Waals surface area contributed by atoms with Crippen molar-refractivity contribution in [2.45, 2.75) is 77.6 Å². The van der Waals surface area contributed by atoms with Crippen LogP contribution in [0.4, 0.5) is 0 Å². The second kappa shape index (κ2) is 11.8. The Morgan fingerprint density at radius 2 is 1.43 bits per heavy atom. The highest BCUT2D eigenvalue weighted by Gasteiger charge is 2.13. The lowest BCUT2D eigenvalue weighted by atomic mass is 10.1. The van der Waals surface area contributed by atoms with Crippen molar-refractivity contribution in [3.05, 3.63) is 16.2 Å². The van der Waals surface area contributed by atoms with Crippen molar-refractivity contribution in [3.63, 3.8) is 0 Å². The van der Waals surface area contributed by atoms with Crippen LogP contribution in [0.25, 0.3) is 0 Å². The molecule has 0 bridgehead atoms. The summed E-state index contributed by atoms with van der Waals surface area (Å²) < 4.78 is 0. The number of H-pyrrole nitrogens is 2. The molecule has 0 aliphatic carbocycles. The van der Waals surface area contributed by atoms with Gasteiger partial charge in [0.15, 0.2) is 5.69 Å². The zero-order valence-corrected chi connectivity index (χ0v) is 14.2. The van der Waals surface area contributed by atoms with Gasteiger partial charge in [-0.3, -0.25) is 14.8 Å². The van der Waals surface area contributed by atoms with Gasteiger partial charge in [-0.05, 0) is 6.42 Å². The number of hydrogen-bond acceptors (Lipinski definition) is 3. The van der Waals surface area contributed by atoms with Gasteiger partial charge in [-0.15, -0.1) is 0 Å². The van der Waals surface area contributed by atoms with E-state index in [1.54, 1.807) is 0 Å². The molecule has 6 heteroatoms. The lowest BCUT2D eigenvalue weighted by Crippen LogP contribution is -2.25. The molecule has 4 N–H and O–H groups in total. The Morgan fingerprint density at radius 1 is 0.913 bits per heavy atom. The number of carbonyl (C=O) groups excluding carboxylic acids is 1. The van der Waals surface area contributed by atoms with Crippen LogP contribution >= 0.6 is 0 Å². The van der Waals surface area contributed by atoms with Crippen LogP contribution in [0.2, 0.25) is 0 Å². The molecule has 1 aromatic rings.